The zero-order valence-corrected chi connectivity index (χ0v) is 29.4. The Labute approximate surface area is 314 Å². The zero-order chi connectivity index (χ0) is 35.8. The van der Waals surface area contributed by atoms with E-state index in [9.17, 15) is 0 Å². The van der Waals surface area contributed by atoms with E-state index in [0.717, 1.165) is 60.8 Å². The van der Waals surface area contributed by atoms with Crippen LogP contribution in [0.25, 0.3) is 77.5 Å². The van der Waals surface area contributed by atoms with Gasteiger partial charge in [0.25, 0.3) is 0 Å². The highest BCUT2D eigenvalue weighted by Crippen LogP contribution is 2.42. The Kier molecular flexibility index (Phi) is 7.81. The molecule has 3 nitrogen and oxygen atoms in total. The lowest BCUT2D eigenvalue weighted by molar-refractivity contribution is 0.623. The largest absolute Gasteiger partial charge is 0.435 e. The molecule has 9 aromatic carbocycles. The van der Waals surface area contributed by atoms with Gasteiger partial charge >= 0.3 is 0 Å². The lowest BCUT2D eigenvalue weighted by Gasteiger charge is -2.26. The summed E-state index contributed by atoms with van der Waals surface area (Å²) < 4.78 is 6.55. The van der Waals surface area contributed by atoms with Crippen molar-refractivity contribution < 1.29 is 4.42 Å². The molecule has 0 aliphatic heterocycles. The van der Waals surface area contributed by atoms with Crippen LogP contribution in [0, 0.1) is 0 Å². The van der Waals surface area contributed by atoms with E-state index in [-0.39, 0.29) is 0 Å². The Morgan fingerprint density at radius 1 is 0.370 bits per heavy atom. The Hall–Kier alpha value is -7.23. The molecule has 0 atom stereocenters. The molecule has 0 aliphatic carbocycles. The summed E-state index contributed by atoms with van der Waals surface area (Å²) in [7, 11) is 0. The number of fused-ring (bicyclic) bond motifs is 5. The molecule has 0 saturated carbocycles. The van der Waals surface area contributed by atoms with Crippen molar-refractivity contribution in [3.05, 3.63) is 206 Å². The lowest BCUT2D eigenvalue weighted by atomic mass is 9.89. The molecular formula is C51H34N2O. The van der Waals surface area contributed by atoms with Crippen LogP contribution in [0.15, 0.2) is 211 Å². The number of hydrogen-bond donors (Lipinski definition) is 0. The van der Waals surface area contributed by atoms with Gasteiger partial charge in [0.2, 0.25) is 5.89 Å². The minimum absolute atomic E-state index is 0.627. The number of hydrogen-bond acceptors (Lipinski definition) is 3. The van der Waals surface area contributed by atoms with Gasteiger partial charge in [-0.2, -0.15) is 0 Å². The first kappa shape index (κ1) is 31.5. The number of anilines is 3. The number of oxazole rings is 1. The quantitative estimate of drug-likeness (QED) is 0.156. The summed E-state index contributed by atoms with van der Waals surface area (Å²) in [6.07, 6.45) is 0. The van der Waals surface area contributed by atoms with Crippen LogP contribution in [0.1, 0.15) is 0 Å². The van der Waals surface area contributed by atoms with Gasteiger partial charge in [0, 0.05) is 28.0 Å². The molecule has 254 valence electrons. The molecule has 10 aromatic rings. The Morgan fingerprint density at radius 3 is 1.52 bits per heavy atom. The summed E-state index contributed by atoms with van der Waals surface area (Å²) in [4.78, 5) is 7.22. The van der Waals surface area contributed by atoms with Gasteiger partial charge in [-0.15, -0.1) is 0 Å². The second kappa shape index (κ2) is 13.4. The van der Waals surface area contributed by atoms with E-state index in [1.165, 1.54) is 27.8 Å². The van der Waals surface area contributed by atoms with Gasteiger partial charge in [-0.25, -0.2) is 4.98 Å². The van der Waals surface area contributed by atoms with Gasteiger partial charge in [0.05, 0.1) is 0 Å². The number of nitrogens with zero attached hydrogens (tertiary/aromatic N) is 2. The third kappa shape index (κ3) is 5.60. The lowest BCUT2D eigenvalue weighted by Crippen LogP contribution is -2.09. The maximum atomic E-state index is 6.55. The molecule has 10 rings (SSSR count). The molecule has 0 unspecified atom stereocenters. The van der Waals surface area contributed by atoms with Crippen LogP contribution in [0.2, 0.25) is 0 Å². The first-order valence-corrected chi connectivity index (χ1v) is 18.3. The van der Waals surface area contributed by atoms with Crippen molar-refractivity contribution in [3.63, 3.8) is 0 Å². The maximum Gasteiger partial charge on any atom is 0.227 e. The van der Waals surface area contributed by atoms with E-state index in [1.54, 1.807) is 0 Å². The smallest absolute Gasteiger partial charge is 0.227 e. The highest BCUT2D eigenvalue weighted by atomic mass is 16.3. The van der Waals surface area contributed by atoms with Crippen LogP contribution in [0.3, 0.4) is 0 Å². The highest BCUT2D eigenvalue weighted by molar-refractivity contribution is 6.18. The molecule has 3 heteroatoms. The summed E-state index contributed by atoms with van der Waals surface area (Å²) in [5, 5.41) is 4.45. The fraction of sp³-hybridized carbons (Fsp3) is 0. The molecule has 0 aliphatic rings. The molecule has 0 fully saturated rings. The van der Waals surface area contributed by atoms with Crippen molar-refractivity contribution in [2.75, 3.05) is 4.90 Å². The summed E-state index contributed by atoms with van der Waals surface area (Å²) in [5.74, 6) is 0.627. The van der Waals surface area contributed by atoms with Crippen LogP contribution in [-0.4, -0.2) is 4.98 Å². The average molecular weight is 691 g/mol. The number of para-hydroxylation sites is 1. The van der Waals surface area contributed by atoms with E-state index < -0.39 is 0 Å². The summed E-state index contributed by atoms with van der Waals surface area (Å²) in [5.41, 5.74) is 13.0. The predicted molar refractivity (Wildman–Crippen MR) is 225 cm³/mol. The number of rotatable bonds is 7. The Balaban J connectivity index is 1.09. The van der Waals surface area contributed by atoms with Crippen LogP contribution < -0.4 is 4.90 Å². The molecule has 0 radical (unpaired) electrons. The van der Waals surface area contributed by atoms with Gasteiger partial charge in [-0.3, -0.25) is 0 Å². The van der Waals surface area contributed by atoms with E-state index in [2.05, 4.69) is 181 Å². The van der Waals surface area contributed by atoms with Gasteiger partial charge in [0.15, 0.2) is 5.58 Å². The second-order valence-electron chi connectivity index (χ2n) is 13.5. The van der Waals surface area contributed by atoms with Crippen molar-refractivity contribution in [2.45, 2.75) is 0 Å². The first-order chi connectivity index (χ1) is 26.8. The van der Waals surface area contributed by atoms with E-state index in [4.69, 9.17) is 9.40 Å². The van der Waals surface area contributed by atoms with Gasteiger partial charge in [-0.1, -0.05) is 152 Å². The molecule has 1 heterocycles. The predicted octanol–water partition coefficient (Wildman–Crippen LogP) is 14.3. The third-order valence-electron chi connectivity index (χ3n) is 10.3. The Morgan fingerprint density at radius 2 is 0.852 bits per heavy atom. The normalized spacial score (nSPS) is 11.3. The molecule has 0 amide bonds. The van der Waals surface area contributed by atoms with Crippen LogP contribution >= 0.6 is 0 Å². The van der Waals surface area contributed by atoms with Crippen LogP contribution in [0.4, 0.5) is 17.1 Å². The second-order valence-corrected chi connectivity index (χ2v) is 13.5. The van der Waals surface area contributed by atoms with Gasteiger partial charge in [0.1, 0.15) is 5.52 Å². The SMILES string of the molecule is c1ccc(-c2nc3ccc4ccc5ccc(N(c6ccccc6)c6ccc(-c7ccccc7-c7ccccc7-c7ccccc7)cc6)cc5c4c3o2)cc1. The molecule has 0 N–H and O–H groups in total. The van der Waals surface area contributed by atoms with Crippen molar-refractivity contribution in [2.24, 2.45) is 0 Å². The highest BCUT2D eigenvalue weighted by Gasteiger charge is 2.18. The zero-order valence-electron chi connectivity index (χ0n) is 29.4. The molecule has 1 aromatic heterocycles. The topological polar surface area (TPSA) is 29.3 Å². The minimum atomic E-state index is 0.627. The van der Waals surface area contributed by atoms with Gasteiger partial charge < -0.3 is 9.32 Å². The summed E-state index contributed by atoms with van der Waals surface area (Å²) in [6.45, 7) is 0. The molecular weight excluding hydrogens is 657 g/mol. The van der Waals surface area contributed by atoms with Crippen LogP contribution in [-0.2, 0) is 0 Å². The van der Waals surface area contributed by atoms with Crippen molar-refractivity contribution in [1.29, 1.82) is 0 Å². The molecule has 0 bridgehead atoms. The number of aromatic nitrogens is 1. The summed E-state index contributed by atoms with van der Waals surface area (Å²) in [6, 6.07) is 72.9. The van der Waals surface area contributed by atoms with Crippen molar-refractivity contribution in [1.82, 2.24) is 4.98 Å². The monoisotopic (exact) mass is 690 g/mol. The van der Waals surface area contributed by atoms with E-state index in [0.29, 0.717) is 5.89 Å². The van der Waals surface area contributed by atoms with Crippen LogP contribution in [0.5, 0.6) is 0 Å². The fourth-order valence-electron chi connectivity index (χ4n) is 7.72. The Bertz CT molecular complexity index is 2920. The van der Waals surface area contributed by atoms with Crippen molar-refractivity contribution in [3.8, 4) is 44.8 Å². The van der Waals surface area contributed by atoms with Crippen molar-refractivity contribution >= 4 is 49.7 Å². The number of benzene rings is 9. The fourth-order valence-corrected chi connectivity index (χ4v) is 7.72. The van der Waals surface area contributed by atoms with E-state index in [1.807, 2.05) is 30.3 Å². The first-order valence-electron chi connectivity index (χ1n) is 18.3. The standard InChI is InChI=1S/C51H34N2O/c1-4-14-35(15-5-1)43-20-10-12-22-45(43)46-23-13-11-21-44(46)36-26-30-41(31-27-36)53(40-18-8-3-9-19-40)42-32-28-37-24-25-38-29-33-48-50(49(38)47(37)34-42)54-51(52-48)39-16-6-2-7-17-39/h1-34H. The summed E-state index contributed by atoms with van der Waals surface area (Å²) >= 11 is 0. The average Bonchev–Trinajstić information content (AvgIpc) is 3.70. The van der Waals surface area contributed by atoms with E-state index >= 15 is 0 Å². The van der Waals surface area contributed by atoms with Gasteiger partial charge in [-0.05, 0) is 104 Å². The third-order valence-corrected chi connectivity index (χ3v) is 10.3. The minimum Gasteiger partial charge on any atom is -0.435 e. The maximum absolute atomic E-state index is 6.55. The molecule has 54 heavy (non-hydrogen) atoms. The molecule has 0 saturated heterocycles. The molecule has 0 spiro atoms.